The fourth-order valence-corrected chi connectivity index (χ4v) is 1.99. The Balaban J connectivity index is 2.28. The molecule has 1 aromatic carbocycles. The van der Waals surface area contributed by atoms with Crippen LogP contribution < -0.4 is 11.3 Å². The predicted octanol–water partition coefficient (Wildman–Crippen LogP) is 2.11. The molecule has 0 radical (unpaired) electrons. The number of halogens is 3. The molecule has 0 saturated carbocycles. The quantitative estimate of drug-likeness (QED) is 0.664. The zero-order valence-corrected chi connectivity index (χ0v) is 9.79. The van der Waals surface area contributed by atoms with E-state index in [-0.39, 0.29) is 0 Å². The first-order valence-electron chi connectivity index (χ1n) is 4.92. The maximum absolute atomic E-state index is 12.4. The first kappa shape index (κ1) is 12.9. The molecular formula is C10H9F3N4S. The van der Waals surface area contributed by atoms with Gasteiger partial charge in [0.2, 0.25) is 0 Å². The van der Waals surface area contributed by atoms with Crippen molar-refractivity contribution in [3.05, 3.63) is 46.5 Å². The molecule has 0 spiro atoms. The molecule has 2 rings (SSSR count). The summed E-state index contributed by atoms with van der Waals surface area (Å²) < 4.78 is 40.9. The van der Waals surface area contributed by atoms with Crippen LogP contribution in [0.2, 0.25) is 0 Å². The lowest BCUT2D eigenvalue weighted by atomic mass is 10.0. The maximum atomic E-state index is 12.4. The molecule has 3 N–H and O–H groups in total. The average Bonchev–Trinajstić information content (AvgIpc) is 2.83. The van der Waals surface area contributed by atoms with Crippen LogP contribution in [0, 0.1) is 0 Å². The van der Waals surface area contributed by atoms with Crippen LogP contribution in [0.1, 0.15) is 22.9 Å². The smallest absolute Gasteiger partial charge is 0.271 e. The molecule has 18 heavy (non-hydrogen) atoms. The monoisotopic (exact) mass is 274 g/mol. The van der Waals surface area contributed by atoms with Gasteiger partial charge in [-0.15, -0.1) is 5.10 Å². The zero-order chi connectivity index (χ0) is 13.2. The van der Waals surface area contributed by atoms with Crippen LogP contribution in [-0.2, 0) is 6.18 Å². The first-order chi connectivity index (χ1) is 8.52. The van der Waals surface area contributed by atoms with Gasteiger partial charge in [0, 0.05) is 5.38 Å². The molecule has 2 aromatic rings. The van der Waals surface area contributed by atoms with Gasteiger partial charge in [0.1, 0.15) is 0 Å². The summed E-state index contributed by atoms with van der Waals surface area (Å²) in [4.78, 5) is 0. The third-order valence-corrected chi connectivity index (χ3v) is 2.93. The number of hydrogen-bond donors (Lipinski definition) is 2. The van der Waals surface area contributed by atoms with Crippen LogP contribution in [0.5, 0.6) is 0 Å². The second-order valence-electron chi connectivity index (χ2n) is 3.55. The van der Waals surface area contributed by atoms with E-state index in [4.69, 9.17) is 5.84 Å². The number of nitrogens with zero attached hydrogens (tertiary/aromatic N) is 2. The Morgan fingerprint density at radius 3 is 2.33 bits per heavy atom. The van der Waals surface area contributed by atoms with Crippen LogP contribution in [0.15, 0.2) is 29.6 Å². The van der Waals surface area contributed by atoms with Crippen LogP contribution in [0.4, 0.5) is 13.2 Å². The van der Waals surface area contributed by atoms with Crippen molar-refractivity contribution in [2.24, 2.45) is 5.84 Å². The first-order valence-corrected chi connectivity index (χ1v) is 5.76. The normalized spacial score (nSPS) is 13.6. The van der Waals surface area contributed by atoms with Crippen LogP contribution >= 0.6 is 11.5 Å². The summed E-state index contributed by atoms with van der Waals surface area (Å²) in [7, 11) is 0. The Morgan fingerprint density at radius 2 is 1.89 bits per heavy atom. The Labute approximate surface area is 105 Å². The highest BCUT2D eigenvalue weighted by Gasteiger charge is 2.30. The Morgan fingerprint density at radius 1 is 1.22 bits per heavy atom. The van der Waals surface area contributed by atoms with E-state index in [1.165, 1.54) is 12.1 Å². The van der Waals surface area contributed by atoms with Gasteiger partial charge >= 0.3 is 6.18 Å². The fraction of sp³-hybridized carbons (Fsp3) is 0.200. The molecule has 1 aromatic heterocycles. The highest BCUT2D eigenvalue weighted by atomic mass is 32.1. The van der Waals surface area contributed by atoms with Crippen molar-refractivity contribution in [3.8, 4) is 0 Å². The number of nitrogens with one attached hydrogen (secondary N) is 1. The van der Waals surface area contributed by atoms with Crippen LogP contribution in [0.25, 0.3) is 0 Å². The predicted molar refractivity (Wildman–Crippen MR) is 60.5 cm³/mol. The Bertz CT molecular complexity index is 495. The molecule has 0 aliphatic rings. The highest BCUT2D eigenvalue weighted by Crippen LogP contribution is 2.30. The SMILES string of the molecule is NNC(c1ccc(C(F)(F)F)cc1)c1csnn1. The molecule has 0 fully saturated rings. The number of hydrazine groups is 1. The average molecular weight is 274 g/mol. The third-order valence-electron chi connectivity index (χ3n) is 2.41. The fourth-order valence-electron chi connectivity index (χ4n) is 1.51. The van der Waals surface area contributed by atoms with Crippen LogP contribution in [-0.4, -0.2) is 9.59 Å². The van der Waals surface area contributed by atoms with Crippen LogP contribution in [0.3, 0.4) is 0 Å². The Hall–Kier alpha value is -1.51. The molecule has 0 aliphatic heterocycles. The zero-order valence-electron chi connectivity index (χ0n) is 8.98. The van der Waals surface area contributed by atoms with Crippen molar-refractivity contribution in [1.29, 1.82) is 0 Å². The largest absolute Gasteiger partial charge is 0.416 e. The summed E-state index contributed by atoms with van der Waals surface area (Å²) in [5.74, 6) is 5.38. The van der Waals surface area contributed by atoms with Gasteiger partial charge in [-0.05, 0) is 29.2 Å². The minimum Gasteiger partial charge on any atom is -0.271 e. The van der Waals surface area contributed by atoms with E-state index < -0.39 is 17.8 Å². The van der Waals surface area contributed by atoms with E-state index in [2.05, 4.69) is 15.0 Å². The van der Waals surface area contributed by atoms with Gasteiger partial charge in [-0.1, -0.05) is 16.6 Å². The van der Waals surface area contributed by atoms with E-state index in [9.17, 15) is 13.2 Å². The van der Waals surface area contributed by atoms with Gasteiger partial charge in [-0.25, -0.2) is 5.43 Å². The van der Waals surface area contributed by atoms with E-state index in [1.807, 2.05) is 0 Å². The molecule has 1 heterocycles. The van der Waals surface area contributed by atoms with E-state index in [0.717, 1.165) is 23.7 Å². The lowest BCUT2D eigenvalue weighted by Crippen LogP contribution is -2.29. The van der Waals surface area contributed by atoms with Gasteiger partial charge in [-0.3, -0.25) is 5.84 Å². The molecule has 1 atom stereocenters. The number of aromatic nitrogens is 2. The number of benzene rings is 1. The van der Waals surface area contributed by atoms with Crippen molar-refractivity contribution < 1.29 is 13.2 Å². The highest BCUT2D eigenvalue weighted by molar-refractivity contribution is 7.03. The van der Waals surface area contributed by atoms with E-state index in [0.29, 0.717) is 11.3 Å². The molecular weight excluding hydrogens is 265 g/mol. The van der Waals surface area contributed by atoms with Crippen molar-refractivity contribution in [3.63, 3.8) is 0 Å². The minimum absolute atomic E-state index is 0.467. The van der Waals surface area contributed by atoms with Gasteiger partial charge < -0.3 is 0 Å². The number of nitrogens with two attached hydrogens (primary N) is 1. The summed E-state index contributed by atoms with van der Waals surface area (Å²) in [6, 6.07) is 4.30. The molecule has 96 valence electrons. The molecule has 1 unspecified atom stereocenters. The summed E-state index contributed by atoms with van der Waals surface area (Å²) >= 11 is 1.15. The topological polar surface area (TPSA) is 63.8 Å². The Kier molecular flexibility index (Phi) is 3.60. The standard InChI is InChI=1S/C10H9F3N4S/c11-10(12,13)7-3-1-6(2-4-7)9(15-14)8-5-18-17-16-8/h1-5,9,15H,14H2. The lowest BCUT2D eigenvalue weighted by Gasteiger charge is -2.14. The third kappa shape index (κ3) is 2.66. The second-order valence-corrected chi connectivity index (χ2v) is 4.16. The van der Waals surface area contributed by atoms with Gasteiger partial charge in [0.15, 0.2) is 0 Å². The van der Waals surface area contributed by atoms with Gasteiger partial charge in [0.25, 0.3) is 0 Å². The molecule has 0 bridgehead atoms. The van der Waals surface area contributed by atoms with Crippen molar-refractivity contribution >= 4 is 11.5 Å². The number of hydrogen-bond acceptors (Lipinski definition) is 5. The second kappa shape index (κ2) is 5.01. The summed E-state index contributed by atoms with van der Waals surface area (Å²) in [6.45, 7) is 0. The van der Waals surface area contributed by atoms with Crippen molar-refractivity contribution in [1.82, 2.24) is 15.0 Å². The minimum atomic E-state index is -4.34. The summed E-state index contributed by atoms with van der Waals surface area (Å²) in [6.07, 6.45) is -4.34. The van der Waals surface area contributed by atoms with E-state index >= 15 is 0 Å². The van der Waals surface area contributed by atoms with Gasteiger partial charge in [-0.2, -0.15) is 13.2 Å². The number of rotatable bonds is 3. The number of alkyl halides is 3. The molecule has 8 heteroatoms. The maximum Gasteiger partial charge on any atom is 0.416 e. The molecule has 0 saturated heterocycles. The van der Waals surface area contributed by atoms with E-state index in [1.54, 1.807) is 5.38 Å². The van der Waals surface area contributed by atoms with Crippen molar-refractivity contribution in [2.75, 3.05) is 0 Å². The molecule has 0 aliphatic carbocycles. The van der Waals surface area contributed by atoms with Gasteiger partial charge in [0.05, 0.1) is 17.3 Å². The molecule has 0 amide bonds. The van der Waals surface area contributed by atoms with Crippen molar-refractivity contribution in [2.45, 2.75) is 12.2 Å². The molecule has 4 nitrogen and oxygen atoms in total. The summed E-state index contributed by atoms with van der Waals surface area (Å²) in [5.41, 5.74) is 2.97. The summed E-state index contributed by atoms with van der Waals surface area (Å²) in [5, 5.41) is 5.52. The lowest BCUT2D eigenvalue weighted by molar-refractivity contribution is -0.137.